The lowest BCUT2D eigenvalue weighted by atomic mass is 9.93. The fraction of sp³-hybridized carbons (Fsp3) is 0.321. The number of halogens is 1. The molecule has 2 atom stereocenters. The molecule has 0 saturated heterocycles. The van der Waals surface area contributed by atoms with Gasteiger partial charge in [-0.2, -0.15) is 10.1 Å². The van der Waals surface area contributed by atoms with Crippen LogP contribution in [0, 0.1) is 0 Å². The summed E-state index contributed by atoms with van der Waals surface area (Å²) in [5.74, 6) is 2.80. The van der Waals surface area contributed by atoms with E-state index in [1.54, 1.807) is 24.7 Å². The van der Waals surface area contributed by atoms with Crippen LogP contribution in [0.25, 0.3) is 27.6 Å². The first-order chi connectivity index (χ1) is 18.4. The summed E-state index contributed by atoms with van der Waals surface area (Å²) < 4.78 is 15.3. The Morgan fingerprint density at radius 3 is 2.68 bits per heavy atom. The third-order valence-corrected chi connectivity index (χ3v) is 7.87. The molecule has 0 amide bonds. The number of benzene rings is 1. The lowest BCUT2D eigenvalue weighted by Gasteiger charge is -2.18. The van der Waals surface area contributed by atoms with Crippen molar-refractivity contribution in [3.8, 4) is 22.0 Å². The van der Waals surface area contributed by atoms with Gasteiger partial charge in [-0.25, -0.2) is 18.9 Å². The maximum absolute atomic E-state index is 13.6. The quantitative estimate of drug-likeness (QED) is 0.161. The van der Waals surface area contributed by atoms with E-state index in [0.717, 1.165) is 43.5 Å². The Kier molecular flexibility index (Phi) is 7.88. The molecule has 4 aromatic rings. The van der Waals surface area contributed by atoms with Crippen molar-refractivity contribution in [2.45, 2.75) is 39.0 Å². The summed E-state index contributed by atoms with van der Waals surface area (Å²) >= 11 is 0. The minimum absolute atomic E-state index is 0.0307. The molecule has 5 rings (SSSR count). The molecular weight excluding hydrogens is 500 g/mol. The highest BCUT2D eigenvalue weighted by molar-refractivity contribution is 7.33. The molecule has 2 unspecified atom stereocenters. The van der Waals surface area contributed by atoms with E-state index in [-0.39, 0.29) is 11.7 Å². The van der Waals surface area contributed by atoms with Gasteiger partial charge in [0.1, 0.15) is 5.84 Å². The van der Waals surface area contributed by atoms with Gasteiger partial charge >= 0.3 is 0 Å². The van der Waals surface area contributed by atoms with Gasteiger partial charge in [0, 0.05) is 30.0 Å². The molecule has 38 heavy (non-hydrogen) atoms. The first kappa shape index (κ1) is 26.1. The number of carbonyl (C=O) groups excluding carboxylic acids is 1. The van der Waals surface area contributed by atoms with E-state index in [0.29, 0.717) is 24.5 Å². The maximum atomic E-state index is 13.6. The van der Waals surface area contributed by atoms with Gasteiger partial charge in [-0.15, -0.1) is 0 Å². The Bertz CT molecular complexity index is 1460. The van der Waals surface area contributed by atoms with E-state index in [2.05, 4.69) is 57.8 Å². The Balaban J connectivity index is 1.38. The molecule has 1 aliphatic rings. The number of ketones is 1. The van der Waals surface area contributed by atoms with Crippen LogP contribution in [0.15, 0.2) is 65.6 Å². The number of hydrogen-bond donors (Lipinski definition) is 2. The van der Waals surface area contributed by atoms with E-state index in [1.165, 1.54) is 15.9 Å². The molecule has 4 heterocycles. The normalized spacial score (nSPS) is 16.6. The number of hydrazine groups is 1. The largest absolute Gasteiger partial charge is 0.310 e. The number of aromatic nitrogens is 3. The third-order valence-electron chi connectivity index (χ3n) is 6.78. The van der Waals surface area contributed by atoms with Gasteiger partial charge in [-0.05, 0) is 49.3 Å². The average molecular weight is 532 g/mol. The number of rotatable bonds is 10. The van der Waals surface area contributed by atoms with Crippen molar-refractivity contribution >= 4 is 25.5 Å². The van der Waals surface area contributed by atoms with Crippen LogP contribution in [-0.4, -0.2) is 57.8 Å². The van der Waals surface area contributed by atoms with E-state index < -0.39 is 6.42 Å². The number of fused-ring (bicyclic) bond motifs is 1. The number of Topliss-reactive ketones (excluding diaryl/α,β-unsaturated/α-hetero) is 1. The van der Waals surface area contributed by atoms with Crippen molar-refractivity contribution in [3.63, 3.8) is 0 Å². The fourth-order valence-corrected chi connectivity index (χ4v) is 5.61. The van der Waals surface area contributed by atoms with Crippen LogP contribution >= 0.6 is 8.19 Å². The number of hydrogen-bond acceptors (Lipinski definition) is 7. The first-order valence-corrected chi connectivity index (χ1v) is 13.7. The van der Waals surface area contributed by atoms with Crippen molar-refractivity contribution in [1.82, 2.24) is 30.3 Å². The molecule has 8 nitrogen and oxygen atoms in total. The Morgan fingerprint density at radius 1 is 1.21 bits per heavy atom. The summed E-state index contributed by atoms with van der Waals surface area (Å²) in [4.78, 5) is 21.5. The lowest BCUT2D eigenvalue weighted by molar-refractivity contribution is 0.101. The molecule has 0 bridgehead atoms. The van der Waals surface area contributed by atoms with Crippen LogP contribution in [0.3, 0.4) is 0 Å². The Labute approximate surface area is 223 Å². The number of alkyl halides is 1. The zero-order valence-electron chi connectivity index (χ0n) is 21.7. The van der Waals surface area contributed by atoms with Crippen molar-refractivity contribution < 1.29 is 9.18 Å². The SMILES string of the molecule is CCC(CCNCC1=NC(F)N(C)N1)c1nc2c(-c3ccc(-c4ccccc4)pc3)cnn2cc1C(C)=O. The monoisotopic (exact) mass is 531 g/mol. The van der Waals surface area contributed by atoms with E-state index in [9.17, 15) is 9.18 Å². The molecule has 0 spiro atoms. The topological polar surface area (TPSA) is 86.9 Å². The number of nitrogens with one attached hydrogen (secondary N) is 2. The zero-order chi connectivity index (χ0) is 26.6. The van der Waals surface area contributed by atoms with Crippen LogP contribution in [-0.2, 0) is 0 Å². The number of amidine groups is 1. The number of nitrogens with zero attached hydrogens (tertiary/aromatic N) is 5. The van der Waals surface area contributed by atoms with Crippen LogP contribution in [0.4, 0.5) is 4.39 Å². The van der Waals surface area contributed by atoms with Gasteiger partial charge < -0.3 is 10.7 Å². The van der Waals surface area contributed by atoms with Gasteiger partial charge in [0.05, 0.1) is 24.0 Å². The highest BCUT2D eigenvalue weighted by Gasteiger charge is 2.23. The second-order valence-electron chi connectivity index (χ2n) is 9.40. The highest BCUT2D eigenvalue weighted by atomic mass is 31.0. The summed E-state index contributed by atoms with van der Waals surface area (Å²) in [5.41, 5.74) is 8.24. The third kappa shape index (κ3) is 5.50. The van der Waals surface area contributed by atoms with Crippen LogP contribution in [0.2, 0.25) is 0 Å². The summed E-state index contributed by atoms with van der Waals surface area (Å²) in [6, 6.07) is 14.6. The lowest BCUT2D eigenvalue weighted by Crippen LogP contribution is -2.39. The Morgan fingerprint density at radius 2 is 2.03 bits per heavy atom. The average Bonchev–Trinajstić information content (AvgIpc) is 3.50. The van der Waals surface area contributed by atoms with Crippen molar-refractivity contribution in [3.05, 3.63) is 71.9 Å². The van der Waals surface area contributed by atoms with Crippen LogP contribution in [0.1, 0.15) is 48.7 Å². The van der Waals surface area contributed by atoms with E-state index >= 15 is 0 Å². The van der Waals surface area contributed by atoms with Gasteiger partial charge in [-0.3, -0.25) is 4.79 Å². The molecule has 0 fully saturated rings. The second kappa shape index (κ2) is 11.5. The summed E-state index contributed by atoms with van der Waals surface area (Å²) in [5, 5.41) is 10.4. The molecule has 0 radical (unpaired) electrons. The van der Waals surface area contributed by atoms with Crippen molar-refractivity contribution in [2.75, 3.05) is 20.1 Å². The predicted molar refractivity (Wildman–Crippen MR) is 150 cm³/mol. The zero-order valence-corrected chi connectivity index (χ0v) is 22.6. The maximum Gasteiger partial charge on any atom is 0.264 e. The molecule has 1 aromatic carbocycles. The molecule has 3 aromatic heterocycles. The highest BCUT2D eigenvalue weighted by Crippen LogP contribution is 2.34. The van der Waals surface area contributed by atoms with Gasteiger partial charge in [0.15, 0.2) is 11.4 Å². The number of carbonyl (C=O) groups is 1. The molecule has 1 aliphatic heterocycles. The standard InChI is InChI=1S/C28H31FN7OP/c1-4-19(12-13-30-15-25-32-28(29)35(3)34-25)26-23(18(2)37)16-36-27(33-26)22(14-31-36)21-10-11-24(38-17-21)20-8-6-5-7-9-20/h5-11,14,16-17,19,28,30H,4,12-13,15H2,1-3H3,(H,32,34). The van der Waals surface area contributed by atoms with Gasteiger partial charge in [0.25, 0.3) is 6.42 Å². The van der Waals surface area contributed by atoms with E-state index in [4.69, 9.17) is 4.98 Å². The molecule has 0 aliphatic carbocycles. The van der Waals surface area contributed by atoms with E-state index in [1.807, 2.05) is 24.4 Å². The minimum Gasteiger partial charge on any atom is -0.310 e. The fourth-order valence-electron chi connectivity index (χ4n) is 4.65. The van der Waals surface area contributed by atoms with Crippen LogP contribution in [0.5, 0.6) is 0 Å². The van der Waals surface area contributed by atoms with Gasteiger partial charge in [0.2, 0.25) is 0 Å². The summed E-state index contributed by atoms with van der Waals surface area (Å²) in [6.45, 7) is 4.81. The summed E-state index contributed by atoms with van der Waals surface area (Å²) in [6.07, 6.45) is 3.88. The van der Waals surface area contributed by atoms with Crippen molar-refractivity contribution in [2.24, 2.45) is 4.99 Å². The molecular formula is C28H31FN7OP. The summed E-state index contributed by atoms with van der Waals surface area (Å²) in [7, 11) is 2.73. The number of aliphatic imine (C=N–C) groups is 1. The Hall–Kier alpha value is -3.52. The second-order valence-corrected chi connectivity index (χ2v) is 10.4. The molecule has 0 saturated carbocycles. The molecule has 196 valence electrons. The molecule has 2 N–H and O–H groups in total. The van der Waals surface area contributed by atoms with Gasteiger partial charge in [-0.1, -0.05) is 51.5 Å². The predicted octanol–water partition coefficient (Wildman–Crippen LogP) is 5.42. The minimum atomic E-state index is -1.36. The van der Waals surface area contributed by atoms with Crippen molar-refractivity contribution in [1.29, 1.82) is 0 Å². The first-order valence-electron chi connectivity index (χ1n) is 12.8. The molecule has 10 heteroatoms. The smallest absolute Gasteiger partial charge is 0.264 e. The van der Waals surface area contributed by atoms with Crippen LogP contribution < -0.4 is 10.7 Å².